The van der Waals surface area contributed by atoms with Crippen molar-refractivity contribution in [1.82, 2.24) is 9.97 Å². The molecule has 0 amide bonds. The maximum atomic E-state index is 12.2. The Morgan fingerprint density at radius 2 is 2.05 bits per heavy atom. The number of Topliss-reactive ketones (excluding diaryl/α,β-unsaturated/α-hetero) is 1. The number of benzene rings is 1. The second-order valence-corrected chi connectivity index (χ2v) is 5.45. The van der Waals surface area contributed by atoms with Crippen LogP contribution in [0.3, 0.4) is 0 Å². The Labute approximate surface area is 119 Å². The monoisotopic (exact) mass is 284 g/mol. The number of thiophene rings is 1. The maximum Gasteiger partial charge on any atom is 0.260 e. The number of aromatic amines is 1. The summed E-state index contributed by atoms with van der Waals surface area (Å²) in [6, 6.07) is 9.73. The van der Waals surface area contributed by atoms with Crippen molar-refractivity contribution in [3.63, 3.8) is 0 Å². The predicted octanol–water partition coefficient (Wildman–Crippen LogP) is 2.78. The van der Waals surface area contributed by atoms with Gasteiger partial charge >= 0.3 is 0 Å². The number of carbonyl (C=O) groups is 1. The molecule has 0 saturated heterocycles. The van der Waals surface area contributed by atoms with E-state index >= 15 is 0 Å². The average molecular weight is 284 g/mol. The molecule has 0 unspecified atom stereocenters. The third kappa shape index (κ3) is 2.28. The second kappa shape index (κ2) is 5.02. The van der Waals surface area contributed by atoms with Crippen LogP contribution in [0.15, 0.2) is 40.5 Å². The molecule has 3 aromatic rings. The topological polar surface area (TPSA) is 62.8 Å². The SMILES string of the molecule is CC(=O)Cc1nc2scc(-c3ccccc3)c2c(=O)[nH]1. The summed E-state index contributed by atoms with van der Waals surface area (Å²) in [6.45, 7) is 1.48. The maximum absolute atomic E-state index is 12.2. The molecule has 4 nitrogen and oxygen atoms in total. The largest absolute Gasteiger partial charge is 0.310 e. The highest BCUT2D eigenvalue weighted by atomic mass is 32.1. The Morgan fingerprint density at radius 3 is 2.75 bits per heavy atom. The van der Waals surface area contributed by atoms with Crippen molar-refractivity contribution in [2.45, 2.75) is 13.3 Å². The lowest BCUT2D eigenvalue weighted by atomic mass is 10.1. The minimum atomic E-state index is -0.189. The summed E-state index contributed by atoms with van der Waals surface area (Å²) in [6.07, 6.45) is 0.156. The van der Waals surface area contributed by atoms with Crippen molar-refractivity contribution in [3.8, 4) is 11.1 Å². The van der Waals surface area contributed by atoms with E-state index in [-0.39, 0.29) is 17.8 Å². The van der Waals surface area contributed by atoms with Gasteiger partial charge in [0.15, 0.2) is 0 Å². The van der Waals surface area contributed by atoms with Gasteiger partial charge in [-0.2, -0.15) is 0 Å². The average Bonchev–Trinajstić information content (AvgIpc) is 2.83. The van der Waals surface area contributed by atoms with E-state index in [2.05, 4.69) is 9.97 Å². The van der Waals surface area contributed by atoms with E-state index in [4.69, 9.17) is 0 Å². The van der Waals surface area contributed by atoms with Crippen LogP contribution in [0.4, 0.5) is 0 Å². The highest BCUT2D eigenvalue weighted by Gasteiger charge is 2.13. The number of hydrogen-bond donors (Lipinski definition) is 1. The number of H-pyrrole nitrogens is 1. The standard InChI is InChI=1S/C15H12N2O2S/c1-9(18)7-12-16-14(19)13-11(8-20-15(13)17-12)10-5-3-2-4-6-10/h2-6,8H,7H2,1H3,(H,16,17,19). The van der Waals surface area contributed by atoms with Crippen LogP contribution in [0.25, 0.3) is 21.3 Å². The quantitative estimate of drug-likeness (QED) is 0.804. The number of fused-ring (bicyclic) bond motifs is 1. The third-order valence-electron chi connectivity index (χ3n) is 2.99. The molecule has 2 aromatic heterocycles. The Morgan fingerprint density at radius 1 is 1.30 bits per heavy atom. The summed E-state index contributed by atoms with van der Waals surface area (Å²) in [5, 5.41) is 2.52. The van der Waals surface area contributed by atoms with E-state index in [1.165, 1.54) is 18.3 Å². The van der Waals surface area contributed by atoms with Crippen molar-refractivity contribution in [2.24, 2.45) is 0 Å². The van der Waals surface area contributed by atoms with Crippen LogP contribution < -0.4 is 5.56 Å². The first kappa shape index (κ1) is 12.7. The van der Waals surface area contributed by atoms with Gasteiger partial charge in [-0.3, -0.25) is 9.59 Å². The Hall–Kier alpha value is -2.27. The molecule has 5 heteroatoms. The van der Waals surface area contributed by atoms with Crippen molar-refractivity contribution in [1.29, 1.82) is 0 Å². The van der Waals surface area contributed by atoms with Crippen molar-refractivity contribution in [3.05, 3.63) is 51.9 Å². The smallest absolute Gasteiger partial charge is 0.260 e. The number of hydrogen-bond acceptors (Lipinski definition) is 4. The molecule has 3 rings (SSSR count). The highest BCUT2D eigenvalue weighted by molar-refractivity contribution is 7.17. The molecule has 0 aliphatic heterocycles. The zero-order chi connectivity index (χ0) is 14.1. The lowest BCUT2D eigenvalue weighted by Crippen LogP contribution is -2.13. The van der Waals surface area contributed by atoms with Crippen LogP contribution in [-0.4, -0.2) is 15.8 Å². The van der Waals surface area contributed by atoms with Gasteiger partial charge in [0.25, 0.3) is 5.56 Å². The predicted molar refractivity (Wildman–Crippen MR) is 80.1 cm³/mol. The fourth-order valence-electron chi connectivity index (χ4n) is 2.14. The molecule has 2 heterocycles. The lowest BCUT2D eigenvalue weighted by molar-refractivity contribution is -0.116. The minimum absolute atomic E-state index is 0.0210. The number of carbonyl (C=O) groups excluding carboxylic acids is 1. The molecule has 0 fully saturated rings. The van der Waals surface area contributed by atoms with Crippen LogP contribution in [-0.2, 0) is 11.2 Å². The zero-order valence-electron chi connectivity index (χ0n) is 10.8. The van der Waals surface area contributed by atoms with E-state index in [0.29, 0.717) is 16.0 Å². The van der Waals surface area contributed by atoms with E-state index < -0.39 is 0 Å². The highest BCUT2D eigenvalue weighted by Crippen LogP contribution is 2.30. The summed E-state index contributed by atoms with van der Waals surface area (Å²) in [4.78, 5) is 31.1. The van der Waals surface area contributed by atoms with Gasteiger partial charge in [0, 0.05) is 10.9 Å². The van der Waals surface area contributed by atoms with E-state index in [0.717, 1.165) is 11.1 Å². The molecule has 0 radical (unpaired) electrons. The van der Waals surface area contributed by atoms with Gasteiger partial charge in [-0.15, -0.1) is 11.3 Å². The molecule has 0 aliphatic rings. The number of nitrogens with zero attached hydrogens (tertiary/aromatic N) is 1. The van der Waals surface area contributed by atoms with Crippen LogP contribution in [0.2, 0.25) is 0 Å². The number of rotatable bonds is 3. The zero-order valence-corrected chi connectivity index (χ0v) is 11.7. The molecule has 100 valence electrons. The summed E-state index contributed by atoms with van der Waals surface area (Å²) in [5.74, 6) is 0.406. The number of ketones is 1. The Balaban J connectivity index is 2.19. The summed E-state index contributed by atoms with van der Waals surface area (Å²) in [7, 11) is 0. The second-order valence-electron chi connectivity index (χ2n) is 4.59. The minimum Gasteiger partial charge on any atom is -0.310 e. The molecule has 0 aliphatic carbocycles. The molecule has 0 bridgehead atoms. The fraction of sp³-hybridized carbons (Fsp3) is 0.133. The van der Waals surface area contributed by atoms with Gasteiger partial charge in [0.05, 0.1) is 11.8 Å². The van der Waals surface area contributed by atoms with Gasteiger partial charge in [0.2, 0.25) is 0 Å². The number of nitrogens with one attached hydrogen (secondary N) is 1. The summed E-state index contributed by atoms with van der Waals surface area (Å²) >= 11 is 1.42. The van der Waals surface area contributed by atoms with Crippen LogP contribution in [0.1, 0.15) is 12.7 Å². The molecule has 0 saturated carbocycles. The van der Waals surface area contributed by atoms with E-state index in [1.807, 2.05) is 35.7 Å². The van der Waals surface area contributed by atoms with Crippen molar-refractivity contribution >= 4 is 27.3 Å². The molecule has 1 aromatic carbocycles. The first-order chi connectivity index (χ1) is 9.65. The number of aromatic nitrogens is 2. The van der Waals surface area contributed by atoms with Crippen LogP contribution in [0, 0.1) is 0 Å². The Bertz CT molecular complexity index is 834. The Kier molecular flexibility index (Phi) is 3.20. The normalized spacial score (nSPS) is 10.8. The summed E-state index contributed by atoms with van der Waals surface area (Å²) < 4.78 is 0. The third-order valence-corrected chi connectivity index (χ3v) is 3.87. The van der Waals surface area contributed by atoms with Gasteiger partial charge in [-0.1, -0.05) is 30.3 Å². The fourth-order valence-corrected chi connectivity index (χ4v) is 3.11. The molecule has 1 N–H and O–H groups in total. The van der Waals surface area contributed by atoms with Gasteiger partial charge < -0.3 is 4.98 Å². The van der Waals surface area contributed by atoms with Crippen LogP contribution >= 0.6 is 11.3 Å². The first-order valence-electron chi connectivity index (χ1n) is 6.20. The molecule has 0 atom stereocenters. The van der Waals surface area contributed by atoms with Gasteiger partial charge in [0.1, 0.15) is 16.4 Å². The molecular weight excluding hydrogens is 272 g/mol. The van der Waals surface area contributed by atoms with E-state index in [9.17, 15) is 9.59 Å². The van der Waals surface area contributed by atoms with Crippen LogP contribution in [0.5, 0.6) is 0 Å². The lowest BCUT2D eigenvalue weighted by Gasteiger charge is -2.00. The van der Waals surface area contributed by atoms with Gasteiger partial charge in [-0.25, -0.2) is 4.98 Å². The summed E-state index contributed by atoms with van der Waals surface area (Å²) in [5.41, 5.74) is 1.69. The molecule has 20 heavy (non-hydrogen) atoms. The molecular formula is C15H12N2O2S. The van der Waals surface area contributed by atoms with E-state index in [1.54, 1.807) is 0 Å². The van der Waals surface area contributed by atoms with Crippen molar-refractivity contribution < 1.29 is 4.79 Å². The van der Waals surface area contributed by atoms with Gasteiger partial charge in [-0.05, 0) is 12.5 Å². The molecule has 0 spiro atoms. The van der Waals surface area contributed by atoms with Crippen molar-refractivity contribution in [2.75, 3.05) is 0 Å². The first-order valence-corrected chi connectivity index (χ1v) is 7.08.